The van der Waals surface area contributed by atoms with Gasteiger partial charge in [0.05, 0.1) is 36.5 Å². The third kappa shape index (κ3) is 4.71. The van der Waals surface area contributed by atoms with Crippen molar-refractivity contribution in [3.63, 3.8) is 0 Å². The Balaban J connectivity index is 1.74. The number of carboxylic acids is 2. The maximum atomic E-state index is 12.1. The predicted octanol–water partition coefficient (Wildman–Crippen LogP) is 3.55. The molecule has 4 rings (SSSR count). The summed E-state index contributed by atoms with van der Waals surface area (Å²) in [5.41, 5.74) is 1.74. The summed E-state index contributed by atoms with van der Waals surface area (Å²) < 4.78 is 22.8. The largest absolute Gasteiger partial charge is 0.478 e. The third-order valence-corrected chi connectivity index (χ3v) is 6.94. The number of hydrogen-bond donors (Lipinski definition) is 2. The zero-order chi connectivity index (χ0) is 27.7. The Morgan fingerprint density at radius 2 is 1.13 bits per heavy atom. The molecule has 0 saturated carbocycles. The van der Waals surface area contributed by atoms with Gasteiger partial charge in [0.15, 0.2) is 0 Å². The Morgan fingerprint density at radius 3 is 1.45 bits per heavy atom. The summed E-state index contributed by atoms with van der Waals surface area (Å²) >= 11 is 0. The lowest BCUT2D eigenvalue weighted by atomic mass is 9.82. The van der Waals surface area contributed by atoms with E-state index in [9.17, 15) is 29.4 Å². The number of ether oxygens (including phenoxy) is 4. The van der Waals surface area contributed by atoms with Crippen molar-refractivity contribution in [3.8, 4) is 11.5 Å². The van der Waals surface area contributed by atoms with E-state index in [4.69, 9.17) is 18.9 Å². The molecule has 4 atom stereocenters. The van der Waals surface area contributed by atoms with E-state index in [1.165, 1.54) is 24.3 Å². The summed E-state index contributed by atoms with van der Waals surface area (Å²) in [5, 5.41) is 19.8. The number of hydrogen-bond acceptors (Lipinski definition) is 8. The predicted molar refractivity (Wildman–Crippen MR) is 133 cm³/mol. The van der Waals surface area contributed by atoms with Crippen LogP contribution in [0.25, 0.3) is 0 Å². The van der Waals surface area contributed by atoms with Crippen LogP contribution in [0.15, 0.2) is 49.6 Å². The Morgan fingerprint density at radius 1 is 0.763 bits per heavy atom. The Kier molecular flexibility index (Phi) is 7.47. The molecule has 2 aliphatic heterocycles. The maximum absolute atomic E-state index is 12.1. The van der Waals surface area contributed by atoms with E-state index in [-0.39, 0.29) is 35.8 Å². The maximum Gasteiger partial charge on any atom is 0.335 e. The van der Waals surface area contributed by atoms with Gasteiger partial charge < -0.3 is 29.2 Å². The van der Waals surface area contributed by atoms with E-state index in [0.717, 1.165) is 12.2 Å². The van der Waals surface area contributed by atoms with Crippen molar-refractivity contribution in [2.75, 3.05) is 13.2 Å². The lowest BCUT2D eigenvalue weighted by Gasteiger charge is -2.23. The highest BCUT2D eigenvalue weighted by Crippen LogP contribution is 2.48. The van der Waals surface area contributed by atoms with Crippen molar-refractivity contribution < 1.29 is 48.3 Å². The minimum absolute atomic E-state index is 0.0166. The van der Waals surface area contributed by atoms with Crippen LogP contribution < -0.4 is 9.47 Å². The summed E-state index contributed by atoms with van der Waals surface area (Å²) in [7, 11) is 0. The van der Waals surface area contributed by atoms with Crippen LogP contribution in [0.3, 0.4) is 0 Å². The minimum atomic E-state index is -1.16. The smallest absolute Gasteiger partial charge is 0.335 e. The van der Waals surface area contributed by atoms with E-state index in [1.807, 2.05) is 0 Å². The highest BCUT2D eigenvalue weighted by Gasteiger charge is 2.51. The van der Waals surface area contributed by atoms with E-state index in [1.54, 1.807) is 13.8 Å². The molecule has 2 aromatic carbocycles. The molecule has 0 spiro atoms. The molecule has 2 saturated heterocycles. The molecule has 2 N–H and O–H groups in total. The Labute approximate surface area is 218 Å². The van der Waals surface area contributed by atoms with Crippen LogP contribution in [-0.4, -0.2) is 59.5 Å². The summed E-state index contributed by atoms with van der Waals surface area (Å²) in [5.74, 6) is -4.39. The molecule has 2 fully saturated rings. The molecule has 2 heterocycles. The molecular weight excluding hydrogens is 496 g/mol. The molecule has 0 bridgehead atoms. The van der Waals surface area contributed by atoms with Crippen molar-refractivity contribution >= 4 is 23.9 Å². The first-order valence-corrected chi connectivity index (χ1v) is 11.7. The van der Waals surface area contributed by atoms with Crippen molar-refractivity contribution in [3.05, 3.63) is 83.0 Å². The SMILES string of the molecule is C=CC(=O)Oc1ccc(C(=O)O)c([C@@H]2CO[C@H]3[C@@H]2OC[C@H]3c2c(C(=O)O)ccc(OC(=O)C=C)c2C)c1C. The molecule has 0 aliphatic carbocycles. The van der Waals surface area contributed by atoms with E-state index < -0.39 is 47.9 Å². The monoisotopic (exact) mass is 522 g/mol. The first-order valence-electron chi connectivity index (χ1n) is 11.7. The fourth-order valence-corrected chi connectivity index (χ4v) is 5.26. The van der Waals surface area contributed by atoms with Gasteiger partial charge in [-0.1, -0.05) is 13.2 Å². The first kappa shape index (κ1) is 26.8. The Bertz CT molecular complexity index is 1250. The highest BCUT2D eigenvalue weighted by molar-refractivity contribution is 5.92. The molecule has 198 valence electrons. The fourth-order valence-electron chi connectivity index (χ4n) is 5.26. The van der Waals surface area contributed by atoms with Crippen LogP contribution in [0.1, 0.15) is 54.8 Å². The van der Waals surface area contributed by atoms with Crippen LogP contribution in [0.2, 0.25) is 0 Å². The normalized spacial score (nSPS) is 21.8. The summed E-state index contributed by atoms with van der Waals surface area (Å²) in [6.07, 6.45) is 0.795. The van der Waals surface area contributed by atoms with Gasteiger partial charge in [-0.15, -0.1) is 0 Å². The van der Waals surface area contributed by atoms with Gasteiger partial charge in [-0.3, -0.25) is 0 Å². The number of esters is 2. The van der Waals surface area contributed by atoms with Crippen LogP contribution in [-0.2, 0) is 19.1 Å². The molecule has 2 aromatic rings. The van der Waals surface area contributed by atoms with E-state index in [2.05, 4.69) is 13.2 Å². The second-order valence-corrected chi connectivity index (χ2v) is 8.97. The fraction of sp³-hybridized carbons (Fsp3) is 0.286. The van der Waals surface area contributed by atoms with Crippen LogP contribution in [0.4, 0.5) is 0 Å². The number of rotatable bonds is 8. The molecule has 2 aliphatic rings. The zero-order valence-corrected chi connectivity index (χ0v) is 20.8. The topological polar surface area (TPSA) is 146 Å². The lowest BCUT2D eigenvalue weighted by Crippen LogP contribution is -2.27. The average Bonchev–Trinajstić information content (AvgIpc) is 3.48. The molecule has 38 heavy (non-hydrogen) atoms. The summed E-state index contributed by atoms with van der Waals surface area (Å²) in [6, 6.07) is 5.54. The molecular formula is C28H26O10. The number of aromatic carboxylic acids is 2. The van der Waals surface area contributed by atoms with Crippen LogP contribution in [0, 0.1) is 13.8 Å². The van der Waals surface area contributed by atoms with Gasteiger partial charge in [-0.05, 0) is 60.4 Å². The first-order chi connectivity index (χ1) is 18.1. The van der Waals surface area contributed by atoms with Gasteiger partial charge in [0.1, 0.15) is 11.5 Å². The molecule has 0 unspecified atom stereocenters. The van der Waals surface area contributed by atoms with Gasteiger partial charge in [0, 0.05) is 24.0 Å². The third-order valence-electron chi connectivity index (χ3n) is 6.94. The second-order valence-electron chi connectivity index (χ2n) is 8.97. The molecule has 0 radical (unpaired) electrons. The van der Waals surface area contributed by atoms with Crippen molar-refractivity contribution in [1.82, 2.24) is 0 Å². The van der Waals surface area contributed by atoms with Gasteiger partial charge in [0.2, 0.25) is 0 Å². The van der Waals surface area contributed by atoms with E-state index >= 15 is 0 Å². The molecule has 0 aromatic heterocycles. The molecule has 0 amide bonds. The van der Waals surface area contributed by atoms with Crippen LogP contribution in [0.5, 0.6) is 11.5 Å². The standard InChI is InChI=1S/C28H26O10/c1-5-21(29)37-19-9-7-15(27(31)32)23(13(19)3)17-11-35-26-18(12-36-25(17)26)24-14(4)20(38-22(30)6-2)10-8-16(24)28(33)34/h5-10,17-18,25-26H,1-2,11-12H2,3-4H3,(H,31,32)(H,33,34)/t17-,18-,25+,26+/m0/s1. The van der Waals surface area contributed by atoms with Crippen molar-refractivity contribution in [2.24, 2.45) is 0 Å². The van der Waals surface area contributed by atoms with Gasteiger partial charge in [-0.25, -0.2) is 19.2 Å². The Hall–Kier alpha value is -4.28. The molecule has 10 heteroatoms. The number of benzene rings is 2. The zero-order valence-electron chi connectivity index (χ0n) is 20.8. The number of carbonyl (C=O) groups excluding carboxylic acids is 2. The lowest BCUT2D eigenvalue weighted by molar-refractivity contribution is -0.129. The summed E-state index contributed by atoms with van der Waals surface area (Å²) in [6.45, 7) is 10.3. The number of carbonyl (C=O) groups is 4. The van der Waals surface area contributed by atoms with Crippen molar-refractivity contribution in [2.45, 2.75) is 37.9 Å². The second kappa shape index (κ2) is 10.6. The highest BCUT2D eigenvalue weighted by atomic mass is 16.6. The molecule has 10 nitrogen and oxygen atoms in total. The van der Waals surface area contributed by atoms with Crippen molar-refractivity contribution in [1.29, 1.82) is 0 Å². The van der Waals surface area contributed by atoms with Gasteiger partial charge in [-0.2, -0.15) is 0 Å². The number of fused-ring (bicyclic) bond motifs is 1. The van der Waals surface area contributed by atoms with E-state index in [0.29, 0.717) is 22.3 Å². The minimum Gasteiger partial charge on any atom is -0.478 e. The van der Waals surface area contributed by atoms with Crippen LogP contribution >= 0.6 is 0 Å². The quantitative estimate of drug-likeness (QED) is 0.300. The average molecular weight is 523 g/mol. The van der Waals surface area contributed by atoms with Gasteiger partial charge >= 0.3 is 23.9 Å². The summed E-state index contributed by atoms with van der Waals surface area (Å²) in [4.78, 5) is 47.8. The number of carboxylic acid groups (broad SMARTS) is 2. The van der Waals surface area contributed by atoms with Gasteiger partial charge in [0.25, 0.3) is 0 Å².